The average molecular weight is 839 g/mol. The molecular formula is C56H78N4O2. The third-order valence-electron chi connectivity index (χ3n) is 13.2. The molecule has 0 unspecified atom stereocenters. The fourth-order valence-corrected chi connectivity index (χ4v) is 9.36. The molecule has 2 fully saturated rings. The Morgan fingerprint density at radius 3 is 1.18 bits per heavy atom. The molecule has 2 aliphatic rings. The van der Waals surface area contributed by atoms with Crippen molar-refractivity contribution in [1.82, 2.24) is 9.80 Å². The van der Waals surface area contributed by atoms with Crippen molar-refractivity contribution in [3.8, 4) is 22.6 Å². The van der Waals surface area contributed by atoms with Gasteiger partial charge in [0, 0.05) is 47.8 Å². The molecule has 62 heavy (non-hydrogen) atoms. The van der Waals surface area contributed by atoms with Crippen molar-refractivity contribution < 1.29 is 10.2 Å². The summed E-state index contributed by atoms with van der Waals surface area (Å²) < 4.78 is 0. The minimum atomic E-state index is 0.367. The van der Waals surface area contributed by atoms with Gasteiger partial charge in [-0.3, -0.25) is 19.8 Å². The van der Waals surface area contributed by atoms with Gasteiger partial charge in [0.15, 0.2) is 0 Å². The van der Waals surface area contributed by atoms with Crippen LogP contribution in [0.2, 0.25) is 0 Å². The minimum Gasteiger partial charge on any atom is -0.507 e. The monoisotopic (exact) mass is 839 g/mol. The predicted octanol–water partition coefficient (Wildman–Crippen LogP) is 14.8. The van der Waals surface area contributed by atoms with Crippen LogP contribution in [0, 0.1) is 0 Å². The van der Waals surface area contributed by atoms with Crippen LogP contribution < -0.4 is 0 Å². The van der Waals surface area contributed by atoms with E-state index < -0.39 is 0 Å². The Labute approximate surface area is 375 Å². The van der Waals surface area contributed by atoms with Crippen LogP contribution in [0.1, 0.15) is 176 Å². The first-order valence-corrected chi connectivity index (χ1v) is 24.9. The van der Waals surface area contributed by atoms with Gasteiger partial charge in [-0.1, -0.05) is 140 Å². The fraction of sp³-hybridized carbons (Fsp3) is 0.536. The topological polar surface area (TPSA) is 71.7 Å². The Hall–Kier alpha value is -4.26. The zero-order valence-corrected chi connectivity index (χ0v) is 38.6. The van der Waals surface area contributed by atoms with Gasteiger partial charge < -0.3 is 10.2 Å². The second-order valence-electron chi connectivity index (χ2n) is 18.4. The van der Waals surface area contributed by atoms with E-state index in [4.69, 9.17) is 9.98 Å². The maximum absolute atomic E-state index is 11.5. The quantitative estimate of drug-likeness (QED) is 0.0515. The van der Waals surface area contributed by atoms with Crippen LogP contribution in [0.5, 0.6) is 11.5 Å². The van der Waals surface area contributed by atoms with E-state index in [1.165, 1.54) is 140 Å². The van der Waals surface area contributed by atoms with Gasteiger partial charge >= 0.3 is 0 Å². The number of aromatic hydroxyl groups is 2. The number of unbranched alkanes of at least 4 members (excludes halogenated alkanes) is 12. The number of phenolic OH excluding ortho intramolecular Hbond substituents is 2. The van der Waals surface area contributed by atoms with Gasteiger partial charge in [0.2, 0.25) is 0 Å². The van der Waals surface area contributed by atoms with Gasteiger partial charge in [-0.25, -0.2) is 0 Å². The van der Waals surface area contributed by atoms with Crippen LogP contribution in [0.3, 0.4) is 0 Å². The number of rotatable bonds is 25. The number of benzene rings is 4. The molecule has 0 bridgehead atoms. The molecular weight excluding hydrogens is 761 g/mol. The largest absolute Gasteiger partial charge is 0.507 e. The predicted molar refractivity (Wildman–Crippen MR) is 264 cm³/mol. The van der Waals surface area contributed by atoms with Crippen molar-refractivity contribution in [2.24, 2.45) is 9.98 Å². The third-order valence-corrected chi connectivity index (χ3v) is 13.2. The Balaban J connectivity index is 1.09. The number of phenols is 2. The van der Waals surface area contributed by atoms with Crippen LogP contribution in [0.4, 0.5) is 11.4 Å². The van der Waals surface area contributed by atoms with E-state index >= 15 is 0 Å². The van der Waals surface area contributed by atoms with Crippen molar-refractivity contribution in [2.45, 2.75) is 168 Å². The first-order valence-electron chi connectivity index (χ1n) is 24.9. The molecule has 2 saturated heterocycles. The van der Waals surface area contributed by atoms with Gasteiger partial charge in [0.05, 0.1) is 11.4 Å². The van der Waals surface area contributed by atoms with Crippen molar-refractivity contribution in [3.05, 3.63) is 106 Å². The summed E-state index contributed by atoms with van der Waals surface area (Å²) in [5.41, 5.74) is 10.2. The standard InChI is InChI=1S/C56H78N4O2/c1-3-5-7-9-11-13-17-23-45-37-49(55(61)51(39-45)43-59-33-19-15-20-34-59)41-57-53-29-25-47(26-30-53)48-27-31-54(32-28-48)58-42-50-38-46(24-18-14-12-10-8-6-4-2)40-52(56(50)62)44-60-35-21-16-22-36-60/h25-32,37-42,61-62H,3-24,33-36,43-44H2,1-2H3. The summed E-state index contributed by atoms with van der Waals surface area (Å²) in [5.74, 6) is 0.734. The van der Waals surface area contributed by atoms with Gasteiger partial charge in [0.1, 0.15) is 11.5 Å². The summed E-state index contributed by atoms with van der Waals surface area (Å²) in [6.45, 7) is 10.6. The second kappa shape index (κ2) is 26.4. The normalized spacial score (nSPS) is 15.3. The molecule has 334 valence electrons. The van der Waals surface area contributed by atoms with Crippen LogP contribution in [0.25, 0.3) is 11.1 Å². The molecule has 6 rings (SSSR count). The molecule has 4 aromatic carbocycles. The highest BCUT2D eigenvalue weighted by molar-refractivity contribution is 5.87. The molecule has 6 nitrogen and oxygen atoms in total. The van der Waals surface area contributed by atoms with Crippen LogP contribution in [-0.4, -0.2) is 58.6 Å². The first kappa shape index (κ1) is 47.2. The zero-order chi connectivity index (χ0) is 43.2. The maximum Gasteiger partial charge on any atom is 0.128 e. The first-order chi connectivity index (χ1) is 30.5. The third kappa shape index (κ3) is 15.5. The summed E-state index contributed by atoms with van der Waals surface area (Å²) in [4.78, 5) is 14.7. The van der Waals surface area contributed by atoms with E-state index in [9.17, 15) is 10.2 Å². The molecule has 2 N–H and O–H groups in total. The van der Waals surface area contributed by atoms with Crippen molar-refractivity contribution in [3.63, 3.8) is 0 Å². The number of piperidine rings is 2. The van der Waals surface area contributed by atoms with Crippen LogP contribution >= 0.6 is 0 Å². The van der Waals surface area contributed by atoms with E-state index in [2.05, 4.69) is 96.4 Å². The summed E-state index contributed by atoms with van der Waals surface area (Å²) >= 11 is 0. The smallest absolute Gasteiger partial charge is 0.128 e. The minimum absolute atomic E-state index is 0.367. The number of hydrogen-bond donors (Lipinski definition) is 2. The molecule has 0 aliphatic carbocycles. The molecule has 2 aliphatic heterocycles. The molecule has 2 heterocycles. The van der Waals surface area contributed by atoms with Crippen molar-refractivity contribution >= 4 is 23.8 Å². The van der Waals surface area contributed by atoms with E-state index in [-0.39, 0.29) is 0 Å². The SMILES string of the molecule is CCCCCCCCCc1cc(C=Nc2ccc(-c3ccc(N=Cc4cc(CCCCCCCCC)cc(CN5CCCCC5)c4O)cc3)cc2)c(O)c(CN2CCCCC2)c1. The molecule has 0 radical (unpaired) electrons. The van der Waals surface area contributed by atoms with Crippen LogP contribution in [-0.2, 0) is 25.9 Å². The Morgan fingerprint density at radius 1 is 0.452 bits per heavy atom. The molecule has 0 amide bonds. The fourth-order valence-electron chi connectivity index (χ4n) is 9.36. The van der Waals surface area contributed by atoms with Gasteiger partial charge in [0.25, 0.3) is 0 Å². The maximum atomic E-state index is 11.5. The number of hydrogen-bond acceptors (Lipinski definition) is 6. The van der Waals surface area contributed by atoms with E-state index in [1.807, 2.05) is 12.4 Å². The van der Waals surface area contributed by atoms with Crippen LogP contribution in [0.15, 0.2) is 82.8 Å². The number of aryl methyl sites for hydroxylation is 2. The van der Waals surface area contributed by atoms with Crippen molar-refractivity contribution in [2.75, 3.05) is 26.2 Å². The highest BCUT2D eigenvalue weighted by Gasteiger charge is 2.17. The van der Waals surface area contributed by atoms with E-state index in [0.717, 1.165) is 96.9 Å². The van der Waals surface area contributed by atoms with Crippen molar-refractivity contribution in [1.29, 1.82) is 0 Å². The summed E-state index contributed by atoms with van der Waals surface area (Å²) in [6.07, 6.45) is 31.5. The lowest BCUT2D eigenvalue weighted by atomic mass is 9.98. The lowest BCUT2D eigenvalue weighted by Gasteiger charge is -2.27. The molecule has 0 aromatic heterocycles. The highest BCUT2D eigenvalue weighted by Crippen LogP contribution is 2.31. The number of aliphatic imine (C=N–C) groups is 2. The van der Waals surface area contributed by atoms with E-state index in [1.54, 1.807) is 0 Å². The van der Waals surface area contributed by atoms with Gasteiger partial charge in [-0.05, 0) is 136 Å². The average Bonchev–Trinajstić information content (AvgIpc) is 3.30. The summed E-state index contributed by atoms with van der Waals surface area (Å²) in [5, 5.41) is 22.9. The molecule has 0 atom stereocenters. The lowest BCUT2D eigenvalue weighted by Crippen LogP contribution is -2.29. The van der Waals surface area contributed by atoms with Gasteiger partial charge in [-0.2, -0.15) is 0 Å². The summed E-state index contributed by atoms with van der Waals surface area (Å²) in [6, 6.07) is 25.5. The lowest BCUT2D eigenvalue weighted by molar-refractivity contribution is 0.218. The van der Waals surface area contributed by atoms with E-state index in [0.29, 0.717) is 11.5 Å². The Bertz CT molecular complexity index is 1810. The highest BCUT2D eigenvalue weighted by atomic mass is 16.3. The molecule has 0 saturated carbocycles. The second-order valence-corrected chi connectivity index (χ2v) is 18.4. The number of likely N-dealkylation sites (tertiary alicyclic amines) is 2. The Morgan fingerprint density at radius 2 is 0.806 bits per heavy atom. The number of nitrogens with zero attached hydrogens (tertiary/aromatic N) is 4. The Kier molecular flexibility index (Phi) is 20.1. The molecule has 0 spiro atoms. The van der Waals surface area contributed by atoms with Gasteiger partial charge in [-0.15, -0.1) is 0 Å². The molecule has 6 heteroatoms. The summed E-state index contributed by atoms with van der Waals surface area (Å²) in [7, 11) is 0. The zero-order valence-electron chi connectivity index (χ0n) is 38.6. The molecule has 4 aromatic rings.